The minimum absolute atomic E-state index is 0.0941. The van der Waals surface area contributed by atoms with Gasteiger partial charge in [0.2, 0.25) is 0 Å². The van der Waals surface area contributed by atoms with Crippen molar-refractivity contribution in [1.29, 1.82) is 0 Å². The molecule has 0 atom stereocenters. The second-order valence-electron chi connectivity index (χ2n) is 4.01. The van der Waals surface area contributed by atoms with E-state index in [-0.39, 0.29) is 5.57 Å². The normalized spacial score (nSPS) is 11.4. The molecule has 0 aliphatic rings. The second-order valence-corrected chi connectivity index (χ2v) is 5.24. The maximum atomic E-state index is 11.4. The van der Waals surface area contributed by atoms with Gasteiger partial charge in [-0.3, -0.25) is 0 Å². The van der Waals surface area contributed by atoms with Gasteiger partial charge in [0.05, 0.1) is 15.6 Å². The van der Waals surface area contributed by atoms with E-state index in [1.807, 2.05) is 0 Å². The van der Waals surface area contributed by atoms with Gasteiger partial charge in [-0.1, -0.05) is 59.1 Å². The molecule has 5 heteroatoms. The molecule has 0 radical (unpaired) electrons. The highest BCUT2D eigenvalue weighted by molar-refractivity contribution is 6.42. The molecule has 2 aromatic carbocycles. The lowest BCUT2D eigenvalue weighted by molar-refractivity contribution is -0.130. The number of hydrogen-bond acceptors (Lipinski definition) is 1. The van der Waals surface area contributed by atoms with Crippen LogP contribution < -0.4 is 0 Å². The zero-order valence-electron chi connectivity index (χ0n) is 10.1. The largest absolute Gasteiger partial charge is 0.478 e. The summed E-state index contributed by atoms with van der Waals surface area (Å²) >= 11 is 17.8. The van der Waals surface area contributed by atoms with Crippen LogP contribution in [0.25, 0.3) is 11.6 Å². The molecule has 2 rings (SSSR count). The van der Waals surface area contributed by atoms with Crippen LogP contribution in [0.2, 0.25) is 15.1 Å². The maximum Gasteiger partial charge on any atom is 0.336 e. The summed E-state index contributed by atoms with van der Waals surface area (Å²) in [4.78, 5) is 11.4. The van der Waals surface area contributed by atoms with E-state index < -0.39 is 5.97 Å². The highest BCUT2D eigenvalue weighted by Gasteiger charge is 2.13. The van der Waals surface area contributed by atoms with Crippen LogP contribution >= 0.6 is 34.8 Å². The zero-order chi connectivity index (χ0) is 14.7. The number of hydrogen-bond donors (Lipinski definition) is 1. The molecule has 0 amide bonds. The van der Waals surface area contributed by atoms with E-state index >= 15 is 0 Å². The molecule has 20 heavy (non-hydrogen) atoms. The first-order valence-corrected chi connectivity index (χ1v) is 6.77. The minimum atomic E-state index is -1.07. The van der Waals surface area contributed by atoms with Gasteiger partial charge in [-0.05, 0) is 35.4 Å². The van der Waals surface area contributed by atoms with E-state index in [0.29, 0.717) is 26.2 Å². The van der Waals surface area contributed by atoms with E-state index in [0.717, 1.165) is 0 Å². The van der Waals surface area contributed by atoms with Crippen molar-refractivity contribution in [1.82, 2.24) is 0 Å². The average molecular weight is 328 g/mol. The van der Waals surface area contributed by atoms with Gasteiger partial charge in [0.15, 0.2) is 0 Å². The summed E-state index contributed by atoms with van der Waals surface area (Å²) in [5, 5.41) is 10.5. The summed E-state index contributed by atoms with van der Waals surface area (Å²) in [6.45, 7) is 0. The molecule has 1 N–H and O–H groups in total. The lowest BCUT2D eigenvalue weighted by atomic mass is 10.0. The number of halogens is 3. The third-order valence-corrected chi connectivity index (χ3v) is 3.75. The molecule has 0 spiro atoms. The Hall–Kier alpha value is -1.48. The Balaban J connectivity index is 2.54. The molecule has 0 aromatic heterocycles. The Kier molecular flexibility index (Phi) is 4.71. The van der Waals surface area contributed by atoms with Gasteiger partial charge in [0.1, 0.15) is 0 Å². The van der Waals surface area contributed by atoms with Crippen LogP contribution in [0.4, 0.5) is 0 Å². The number of aliphatic carboxylic acids is 1. The fourth-order valence-corrected chi connectivity index (χ4v) is 2.17. The SMILES string of the molecule is O=C(O)/C(=C\c1ccccc1Cl)c1ccc(Cl)c(Cl)c1. The van der Waals surface area contributed by atoms with Crippen LogP contribution in [-0.4, -0.2) is 11.1 Å². The summed E-state index contributed by atoms with van der Waals surface area (Å²) in [7, 11) is 0. The van der Waals surface area contributed by atoms with Crippen LogP contribution in [0.1, 0.15) is 11.1 Å². The predicted octanol–water partition coefficient (Wildman–Crippen LogP) is 5.27. The van der Waals surface area contributed by atoms with Crippen LogP contribution in [0.5, 0.6) is 0 Å². The third kappa shape index (κ3) is 3.34. The van der Waals surface area contributed by atoms with E-state index in [2.05, 4.69) is 0 Å². The van der Waals surface area contributed by atoms with Crippen molar-refractivity contribution >= 4 is 52.4 Å². The van der Waals surface area contributed by atoms with Crippen molar-refractivity contribution in [2.75, 3.05) is 0 Å². The van der Waals surface area contributed by atoms with Crippen LogP contribution in [0, 0.1) is 0 Å². The number of benzene rings is 2. The molecule has 2 nitrogen and oxygen atoms in total. The lowest BCUT2D eigenvalue weighted by Crippen LogP contribution is -1.99. The van der Waals surface area contributed by atoms with Gasteiger partial charge in [0, 0.05) is 5.02 Å². The number of carbonyl (C=O) groups is 1. The fourth-order valence-electron chi connectivity index (χ4n) is 1.68. The molecule has 0 aliphatic heterocycles. The first-order valence-electron chi connectivity index (χ1n) is 5.64. The Morgan fingerprint density at radius 3 is 2.25 bits per heavy atom. The first-order chi connectivity index (χ1) is 9.49. The molecular weight excluding hydrogens is 319 g/mol. The summed E-state index contributed by atoms with van der Waals surface area (Å²) < 4.78 is 0. The number of carboxylic acid groups (broad SMARTS) is 1. The van der Waals surface area contributed by atoms with E-state index in [1.54, 1.807) is 36.4 Å². The molecule has 0 heterocycles. The summed E-state index contributed by atoms with van der Waals surface area (Å²) in [6, 6.07) is 11.7. The van der Waals surface area contributed by atoms with Crippen molar-refractivity contribution in [3.8, 4) is 0 Å². The Labute approximate surface area is 131 Å². The third-order valence-electron chi connectivity index (χ3n) is 2.67. The van der Waals surface area contributed by atoms with Crippen molar-refractivity contribution < 1.29 is 9.90 Å². The van der Waals surface area contributed by atoms with Gasteiger partial charge in [-0.15, -0.1) is 0 Å². The first kappa shape index (κ1) is 14.9. The smallest absolute Gasteiger partial charge is 0.336 e. The maximum absolute atomic E-state index is 11.4. The molecular formula is C15H9Cl3O2. The number of carboxylic acids is 1. The van der Waals surface area contributed by atoms with Crippen LogP contribution in [0.15, 0.2) is 42.5 Å². The van der Waals surface area contributed by atoms with Crippen LogP contribution in [0.3, 0.4) is 0 Å². The zero-order valence-corrected chi connectivity index (χ0v) is 12.4. The standard InChI is InChI=1S/C15H9Cl3O2/c16-12-4-2-1-3-10(12)7-11(15(19)20)9-5-6-13(17)14(18)8-9/h1-8H,(H,19,20)/b11-7-. The van der Waals surface area contributed by atoms with E-state index in [1.165, 1.54) is 12.1 Å². The highest BCUT2D eigenvalue weighted by atomic mass is 35.5. The Morgan fingerprint density at radius 1 is 0.950 bits per heavy atom. The fraction of sp³-hybridized carbons (Fsp3) is 0. The van der Waals surface area contributed by atoms with Gasteiger partial charge in [-0.25, -0.2) is 4.79 Å². The van der Waals surface area contributed by atoms with Crippen molar-refractivity contribution in [3.05, 3.63) is 68.7 Å². The highest BCUT2D eigenvalue weighted by Crippen LogP contribution is 2.28. The van der Waals surface area contributed by atoms with Crippen molar-refractivity contribution in [3.63, 3.8) is 0 Å². The predicted molar refractivity (Wildman–Crippen MR) is 83.4 cm³/mol. The summed E-state index contributed by atoms with van der Waals surface area (Å²) in [5.41, 5.74) is 1.18. The van der Waals surface area contributed by atoms with Crippen molar-refractivity contribution in [2.45, 2.75) is 0 Å². The Morgan fingerprint density at radius 2 is 1.65 bits per heavy atom. The van der Waals surface area contributed by atoms with E-state index in [9.17, 15) is 9.90 Å². The number of rotatable bonds is 3. The monoisotopic (exact) mass is 326 g/mol. The molecule has 0 aliphatic carbocycles. The second kappa shape index (κ2) is 6.31. The van der Waals surface area contributed by atoms with E-state index in [4.69, 9.17) is 34.8 Å². The minimum Gasteiger partial charge on any atom is -0.478 e. The Bertz CT molecular complexity index is 693. The average Bonchev–Trinajstić information content (AvgIpc) is 2.41. The van der Waals surface area contributed by atoms with Gasteiger partial charge < -0.3 is 5.11 Å². The molecule has 0 bridgehead atoms. The quantitative estimate of drug-likeness (QED) is 0.616. The van der Waals surface area contributed by atoms with Gasteiger partial charge in [0.25, 0.3) is 0 Å². The van der Waals surface area contributed by atoms with Crippen molar-refractivity contribution in [2.24, 2.45) is 0 Å². The molecule has 0 saturated carbocycles. The molecule has 0 saturated heterocycles. The van der Waals surface area contributed by atoms with Gasteiger partial charge >= 0.3 is 5.97 Å². The topological polar surface area (TPSA) is 37.3 Å². The van der Waals surface area contributed by atoms with Crippen LogP contribution in [-0.2, 0) is 4.79 Å². The molecule has 102 valence electrons. The lowest BCUT2D eigenvalue weighted by Gasteiger charge is -2.06. The molecule has 0 unspecified atom stereocenters. The van der Waals surface area contributed by atoms with Gasteiger partial charge in [-0.2, -0.15) is 0 Å². The summed E-state index contributed by atoms with van der Waals surface area (Å²) in [6.07, 6.45) is 1.50. The molecule has 0 fully saturated rings. The molecule has 2 aromatic rings. The summed E-state index contributed by atoms with van der Waals surface area (Å²) in [5.74, 6) is -1.07.